The first-order chi connectivity index (χ1) is 12.6. The van der Waals surface area contributed by atoms with Crippen LogP contribution in [0.1, 0.15) is 74.7 Å². The highest BCUT2D eigenvalue weighted by Crippen LogP contribution is 2.03. The van der Waals surface area contributed by atoms with Crippen LogP contribution in [0.25, 0.3) is 0 Å². The molecular formula is C20H45N3O4. The van der Waals surface area contributed by atoms with E-state index in [2.05, 4.69) is 43.8 Å². The second-order valence-corrected chi connectivity index (χ2v) is 7.26. The van der Waals surface area contributed by atoms with Crippen LogP contribution in [0.2, 0.25) is 0 Å². The molecule has 0 bridgehead atoms. The Balaban J connectivity index is -0.000000391. The number of nitrogens with one attached hydrogen (secondary N) is 3. The Morgan fingerprint density at radius 2 is 1.70 bits per heavy atom. The fourth-order valence-corrected chi connectivity index (χ4v) is 1.47. The van der Waals surface area contributed by atoms with Gasteiger partial charge in [0, 0.05) is 38.5 Å². The number of hydrogen-bond donors (Lipinski definition) is 4. The molecule has 7 nitrogen and oxygen atoms in total. The molecule has 0 spiro atoms. The van der Waals surface area contributed by atoms with Crippen molar-refractivity contribution in [2.24, 2.45) is 5.92 Å². The van der Waals surface area contributed by atoms with Crippen LogP contribution in [0.15, 0.2) is 0 Å². The van der Waals surface area contributed by atoms with Gasteiger partial charge in [0.15, 0.2) is 0 Å². The van der Waals surface area contributed by atoms with E-state index in [9.17, 15) is 9.59 Å². The minimum atomic E-state index is -0.502. The molecule has 0 atom stereocenters. The van der Waals surface area contributed by atoms with Crippen LogP contribution in [0.3, 0.4) is 0 Å². The summed E-state index contributed by atoms with van der Waals surface area (Å²) >= 11 is 0. The van der Waals surface area contributed by atoms with Gasteiger partial charge in [-0.15, -0.1) is 0 Å². The van der Waals surface area contributed by atoms with Crippen LogP contribution in [0.4, 0.5) is 0 Å². The SMILES string of the molecule is CC.CC(C)CCNC(=O)CCC=O.CC(C)NCCNOC(C)(C)CO. The molecule has 0 saturated heterocycles. The maximum atomic E-state index is 10.9. The predicted octanol–water partition coefficient (Wildman–Crippen LogP) is 2.43. The maximum absolute atomic E-state index is 10.9. The van der Waals surface area contributed by atoms with E-state index in [4.69, 9.17) is 9.94 Å². The van der Waals surface area contributed by atoms with Gasteiger partial charge in [-0.05, 0) is 26.2 Å². The molecule has 164 valence electrons. The highest BCUT2D eigenvalue weighted by molar-refractivity contribution is 5.77. The Hall–Kier alpha value is -1.02. The Labute approximate surface area is 167 Å². The number of carbonyl (C=O) groups excluding carboxylic acids is 2. The zero-order chi connectivity index (χ0) is 21.7. The van der Waals surface area contributed by atoms with Crippen LogP contribution in [-0.2, 0) is 14.4 Å². The molecule has 0 rings (SSSR count). The van der Waals surface area contributed by atoms with Crippen molar-refractivity contribution in [1.29, 1.82) is 0 Å². The lowest BCUT2D eigenvalue weighted by Crippen LogP contribution is -2.39. The van der Waals surface area contributed by atoms with Gasteiger partial charge in [0.2, 0.25) is 5.91 Å². The molecule has 0 aromatic carbocycles. The van der Waals surface area contributed by atoms with Crippen molar-refractivity contribution in [2.75, 3.05) is 26.2 Å². The monoisotopic (exact) mass is 391 g/mol. The van der Waals surface area contributed by atoms with Crippen molar-refractivity contribution in [3.05, 3.63) is 0 Å². The fourth-order valence-electron chi connectivity index (χ4n) is 1.47. The number of aliphatic hydroxyl groups is 1. The molecule has 0 aliphatic rings. The Bertz CT molecular complexity index is 335. The number of hydrogen-bond acceptors (Lipinski definition) is 6. The highest BCUT2D eigenvalue weighted by Gasteiger charge is 2.16. The van der Waals surface area contributed by atoms with E-state index in [-0.39, 0.29) is 12.5 Å². The Kier molecular flexibility index (Phi) is 24.2. The zero-order valence-electron chi connectivity index (χ0n) is 18.9. The van der Waals surface area contributed by atoms with Crippen molar-refractivity contribution in [2.45, 2.75) is 86.3 Å². The van der Waals surface area contributed by atoms with Crippen molar-refractivity contribution < 1.29 is 19.5 Å². The standard InChI is InChI=1S/C9H22N2O2.C9H17NO2.C2H6/c1-8(2)10-5-6-11-13-9(3,4)7-12;1-8(2)5-6-10-9(12)4-3-7-11;1-2/h8,10-12H,5-7H2,1-4H3;7-8H,3-6H2,1-2H3,(H,10,12);1-2H3. The molecule has 0 saturated carbocycles. The van der Waals surface area contributed by atoms with Crippen molar-refractivity contribution in [1.82, 2.24) is 16.1 Å². The van der Waals surface area contributed by atoms with Crippen LogP contribution in [0, 0.1) is 5.92 Å². The topological polar surface area (TPSA) is 99.7 Å². The van der Waals surface area contributed by atoms with Crippen molar-refractivity contribution >= 4 is 12.2 Å². The third-order valence-electron chi connectivity index (χ3n) is 3.04. The molecule has 0 heterocycles. The molecule has 0 fully saturated rings. The number of rotatable bonds is 13. The van der Waals surface area contributed by atoms with E-state index in [1.54, 1.807) is 0 Å². The first-order valence-corrected chi connectivity index (χ1v) is 10.1. The molecule has 4 N–H and O–H groups in total. The molecule has 0 aliphatic carbocycles. The van der Waals surface area contributed by atoms with Crippen molar-refractivity contribution in [3.8, 4) is 0 Å². The van der Waals surface area contributed by atoms with Gasteiger partial charge in [-0.2, -0.15) is 0 Å². The largest absolute Gasteiger partial charge is 0.393 e. The molecule has 1 amide bonds. The number of hydroxylamine groups is 1. The second kappa shape index (κ2) is 21.3. The van der Waals surface area contributed by atoms with Crippen LogP contribution in [-0.4, -0.2) is 55.2 Å². The van der Waals surface area contributed by atoms with Gasteiger partial charge < -0.3 is 20.5 Å². The summed E-state index contributed by atoms with van der Waals surface area (Å²) in [5, 5.41) is 14.9. The molecule has 0 unspecified atom stereocenters. The van der Waals surface area contributed by atoms with E-state index in [0.29, 0.717) is 24.8 Å². The van der Waals surface area contributed by atoms with Gasteiger partial charge >= 0.3 is 0 Å². The average Bonchev–Trinajstić information content (AvgIpc) is 2.61. The molecule has 0 aliphatic heterocycles. The lowest BCUT2D eigenvalue weighted by molar-refractivity contribution is -0.122. The fraction of sp³-hybridized carbons (Fsp3) is 0.900. The summed E-state index contributed by atoms with van der Waals surface area (Å²) in [4.78, 5) is 26.0. The third-order valence-corrected chi connectivity index (χ3v) is 3.04. The Morgan fingerprint density at radius 3 is 2.15 bits per heavy atom. The summed E-state index contributed by atoms with van der Waals surface area (Å²) in [6.07, 6.45) is 2.41. The summed E-state index contributed by atoms with van der Waals surface area (Å²) < 4.78 is 0. The average molecular weight is 392 g/mol. The predicted molar refractivity (Wildman–Crippen MR) is 113 cm³/mol. The molecule has 7 heteroatoms. The number of amides is 1. The maximum Gasteiger partial charge on any atom is 0.220 e. The van der Waals surface area contributed by atoms with E-state index < -0.39 is 5.60 Å². The van der Waals surface area contributed by atoms with Crippen LogP contribution in [0.5, 0.6) is 0 Å². The number of aldehydes is 1. The number of carbonyl (C=O) groups is 2. The minimum Gasteiger partial charge on any atom is -0.393 e. The van der Waals surface area contributed by atoms with Gasteiger partial charge in [-0.3, -0.25) is 9.63 Å². The smallest absolute Gasteiger partial charge is 0.220 e. The van der Waals surface area contributed by atoms with Crippen LogP contribution >= 0.6 is 0 Å². The summed E-state index contributed by atoms with van der Waals surface area (Å²) in [5.74, 6) is 0.583. The first kappa shape index (κ1) is 30.7. The quantitative estimate of drug-likeness (QED) is 0.219. The molecule has 27 heavy (non-hydrogen) atoms. The minimum absolute atomic E-state index is 0.0115. The van der Waals surface area contributed by atoms with Gasteiger partial charge in [0.05, 0.1) is 6.61 Å². The summed E-state index contributed by atoms with van der Waals surface area (Å²) in [6.45, 7) is 18.4. The summed E-state index contributed by atoms with van der Waals surface area (Å²) in [5.41, 5.74) is 2.31. The van der Waals surface area contributed by atoms with Gasteiger partial charge in [0.1, 0.15) is 11.9 Å². The van der Waals surface area contributed by atoms with E-state index in [0.717, 1.165) is 32.3 Å². The zero-order valence-corrected chi connectivity index (χ0v) is 18.9. The van der Waals surface area contributed by atoms with E-state index in [1.165, 1.54) is 0 Å². The highest BCUT2D eigenvalue weighted by atomic mass is 16.7. The third kappa shape index (κ3) is 30.0. The van der Waals surface area contributed by atoms with Gasteiger partial charge in [-0.1, -0.05) is 41.5 Å². The van der Waals surface area contributed by atoms with E-state index in [1.807, 2.05) is 27.7 Å². The molecule has 0 radical (unpaired) electrons. The van der Waals surface area contributed by atoms with Gasteiger partial charge in [0.25, 0.3) is 0 Å². The molecular weight excluding hydrogens is 346 g/mol. The summed E-state index contributed by atoms with van der Waals surface area (Å²) in [7, 11) is 0. The lowest BCUT2D eigenvalue weighted by Gasteiger charge is -2.22. The second-order valence-electron chi connectivity index (χ2n) is 7.26. The van der Waals surface area contributed by atoms with E-state index >= 15 is 0 Å². The van der Waals surface area contributed by atoms with Gasteiger partial charge in [-0.25, -0.2) is 5.48 Å². The first-order valence-electron chi connectivity index (χ1n) is 10.1. The number of aliphatic hydroxyl groups excluding tert-OH is 1. The van der Waals surface area contributed by atoms with Crippen molar-refractivity contribution in [3.63, 3.8) is 0 Å². The Morgan fingerprint density at radius 1 is 1.11 bits per heavy atom. The summed E-state index contributed by atoms with van der Waals surface area (Å²) in [6, 6.07) is 0.493. The van der Waals surface area contributed by atoms with Crippen LogP contribution < -0.4 is 16.1 Å². The molecule has 0 aromatic rings. The molecule has 0 aromatic heterocycles. The normalized spacial score (nSPS) is 10.6. The lowest BCUT2D eigenvalue weighted by atomic mass is 10.1.